The van der Waals surface area contributed by atoms with Crippen LogP contribution in [0, 0.1) is 5.92 Å². The molecule has 0 bridgehead atoms. The third kappa shape index (κ3) is 6.82. The summed E-state index contributed by atoms with van der Waals surface area (Å²) in [4.78, 5) is 4.56. The van der Waals surface area contributed by atoms with E-state index < -0.39 is 9.84 Å². The second-order valence-electron chi connectivity index (χ2n) is 5.75. The van der Waals surface area contributed by atoms with Crippen LogP contribution in [-0.2, 0) is 16.4 Å². The van der Waals surface area contributed by atoms with Gasteiger partial charge in [0.1, 0.15) is 0 Å². The van der Waals surface area contributed by atoms with Crippen molar-refractivity contribution in [3.05, 3.63) is 22.4 Å². The van der Waals surface area contributed by atoms with E-state index >= 15 is 0 Å². The molecule has 2 heterocycles. The van der Waals surface area contributed by atoms with Gasteiger partial charge in [-0.3, -0.25) is 0 Å². The molecule has 1 aromatic rings. The number of nitrogens with one attached hydrogen (secondary N) is 2. The molecule has 0 aliphatic carbocycles. The first kappa shape index (κ1) is 19.7. The van der Waals surface area contributed by atoms with E-state index in [1.807, 2.05) is 5.38 Å². The summed E-state index contributed by atoms with van der Waals surface area (Å²) in [6, 6.07) is 2.34. The zero-order valence-corrected chi connectivity index (χ0v) is 16.9. The van der Waals surface area contributed by atoms with Gasteiger partial charge in [0.15, 0.2) is 15.8 Å². The van der Waals surface area contributed by atoms with Crippen LogP contribution < -0.4 is 10.6 Å². The molecule has 1 aliphatic heterocycles. The van der Waals surface area contributed by atoms with E-state index in [9.17, 15) is 8.42 Å². The summed E-state index contributed by atoms with van der Waals surface area (Å²) in [5.41, 5.74) is 1.19. The molecule has 0 saturated carbocycles. The lowest BCUT2D eigenvalue weighted by Crippen LogP contribution is -2.43. The third-order valence-electron chi connectivity index (χ3n) is 3.31. The Kier molecular flexibility index (Phi) is 8.12. The Morgan fingerprint density at radius 3 is 2.82 bits per heavy atom. The first-order chi connectivity index (χ1) is 9.94. The Morgan fingerprint density at radius 1 is 1.50 bits per heavy atom. The highest BCUT2D eigenvalue weighted by Gasteiger charge is 2.27. The molecule has 1 saturated heterocycles. The van der Waals surface area contributed by atoms with Gasteiger partial charge in [-0.15, -0.1) is 24.0 Å². The van der Waals surface area contributed by atoms with Gasteiger partial charge in [-0.1, -0.05) is 0 Å². The summed E-state index contributed by atoms with van der Waals surface area (Å²) < 4.78 is 22.9. The van der Waals surface area contributed by atoms with Gasteiger partial charge in [-0.25, -0.2) is 13.4 Å². The Bertz CT molecular complexity index is 571. The summed E-state index contributed by atoms with van der Waals surface area (Å²) in [7, 11) is -2.81. The number of halogens is 1. The molecular formula is C14H24IN3O2S2. The molecule has 126 valence electrons. The van der Waals surface area contributed by atoms with Gasteiger partial charge in [-0.2, -0.15) is 11.3 Å². The van der Waals surface area contributed by atoms with Crippen molar-refractivity contribution in [3.8, 4) is 0 Å². The van der Waals surface area contributed by atoms with Crippen LogP contribution in [0.3, 0.4) is 0 Å². The first-order valence-electron chi connectivity index (χ1n) is 7.21. The highest BCUT2D eigenvalue weighted by atomic mass is 127. The summed E-state index contributed by atoms with van der Waals surface area (Å²) in [5, 5.41) is 10.7. The van der Waals surface area contributed by atoms with Crippen LogP contribution in [0.5, 0.6) is 0 Å². The van der Waals surface area contributed by atoms with E-state index in [1.165, 1.54) is 5.56 Å². The molecular weight excluding hydrogens is 433 g/mol. The molecule has 22 heavy (non-hydrogen) atoms. The van der Waals surface area contributed by atoms with Crippen molar-refractivity contribution in [1.29, 1.82) is 0 Å². The quantitative estimate of drug-likeness (QED) is 0.404. The van der Waals surface area contributed by atoms with E-state index in [1.54, 1.807) is 11.3 Å². The zero-order chi connectivity index (χ0) is 15.3. The van der Waals surface area contributed by atoms with Gasteiger partial charge < -0.3 is 10.6 Å². The molecule has 1 aliphatic rings. The van der Waals surface area contributed by atoms with Crippen molar-refractivity contribution in [2.75, 3.05) is 18.1 Å². The Labute approximate surface area is 153 Å². The van der Waals surface area contributed by atoms with Crippen LogP contribution in [0.1, 0.15) is 25.8 Å². The average molecular weight is 457 g/mol. The van der Waals surface area contributed by atoms with Gasteiger partial charge in [0, 0.05) is 12.6 Å². The molecule has 1 fully saturated rings. The number of thiophene rings is 1. The predicted octanol–water partition coefficient (Wildman–Crippen LogP) is 2.24. The zero-order valence-electron chi connectivity index (χ0n) is 12.9. The Hall–Kier alpha value is -0.350. The number of sulfone groups is 1. The fourth-order valence-corrected chi connectivity index (χ4v) is 4.77. The van der Waals surface area contributed by atoms with E-state index in [0.29, 0.717) is 24.6 Å². The smallest absolute Gasteiger partial charge is 0.191 e. The number of nitrogens with zero attached hydrogens (tertiary/aromatic N) is 1. The SMILES string of the molecule is CC(C)NC(=NCc1ccsc1)NCC1CCS(=O)(=O)C1.I. The van der Waals surface area contributed by atoms with Gasteiger partial charge in [0.2, 0.25) is 0 Å². The van der Waals surface area contributed by atoms with Crippen molar-refractivity contribution in [2.45, 2.75) is 32.9 Å². The summed E-state index contributed by atoms with van der Waals surface area (Å²) in [6.07, 6.45) is 0.745. The largest absolute Gasteiger partial charge is 0.356 e. The Morgan fingerprint density at radius 2 is 2.27 bits per heavy atom. The topological polar surface area (TPSA) is 70.6 Å². The van der Waals surface area contributed by atoms with Crippen LogP contribution in [0.2, 0.25) is 0 Å². The number of hydrogen-bond donors (Lipinski definition) is 2. The van der Waals surface area contributed by atoms with Crippen molar-refractivity contribution in [2.24, 2.45) is 10.9 Å². The van der Waals surface area contributed by atoms with E-state index in [2.05, 4.69) is 40.9 Å². The van der Waals surface area contributed by atoms with Crippen LogP contribution in [0.15, 0.2) is 21.8 Å². The third-order valence-corrected chi connectivity index (χ3v) is 5.88. The van der Waals surface area contributed by atoms with Crippen LogP contribution in [0.4, 0.5) is 0 Å². The number of rotatable bonds is 5. The summed E-state index contributed by atoms with van der Waals surface area (Å²) in [6.45, 7) is 5.40. The highest BCUT2D eigenvalue weighted by Crippen LogP contribution is 2.17. The standard InChI is InChI=1S/C14H23N3O2S2.HI/c1-11(2)17-14(15-7-12-3-5-20-9-12)16-8-13-4-6-21(18,19)10-13;/h3,5,9,11,13H,4,6-8,10H2,1-2H3,(H2,15,16,17);1H. The van der Waals surface area contributed by atoms with Crippen molar-refractivity contribution in [3.63, 3.8) is 0 Å². The molecule has 0 amide bonds. The van der Waals surface area contributed by atoms with Crippen molar-refractivity contribution < 1.29 is 8.42 Å². The molecule has 2 N–H and O–H groups in total. The average Bonchev–Trinajstić information content (AvgIpc) is 3.01. The molecule has 0 radical (unpaired) electrons. The van der Waals surface area contributed by atoms with E-state index in [4.69, 9.17) is 0 Å². The van der Waals surface area contributed by atoms with Gasteiger partial charge in [0.25, 0.3) is 0 Å². The minimum absolute atomic E-state index is 0. The lowest BCUT2D eigenvalue weighted by atomic mass is 10.1. The first-order valence-corrected chi connectivity index (χ1v) is 9.97. The van der Waals surface area contributed by atoms with Crippen molar-refractivity contribution in [1.82, 2.24) is 10.6 Å². The number of hydrogen-bond acceptors (Lipinski definition) is 4. The van der Waals surface area contributed by atoms with Gasteiger partial charge in [-0.05, 0) is 48.6 Å². The fourth-order valence-electron chi connectivity index (χ4n) is 2.25. The van der Waals surface area contributed by atoms with E-state index in [0.717, 1.165) is 12.4 Å². The minimum Gasteiger partial charge on any atom is -0.356 e. The summed E-state index contributed by atoms with van der Waals surface area (Å²) >= 11 is 1.66. The monoisotopic (exact) mass is 457 g/mol. The van der Waals surface area contributed by atoms with Gasteiger partial charge >= 0.3 is 0 Å². The second kappa shape index (κ2) is 9.07. The molecule has 1 aromatic heterocycles. The number of guanidine groups is 1. The molecule has 5 nitrogen and oxygen atoms in total. The summed E-state index contributed by atoms with van der Waals surface area (Å²) in [5.74, 6) is 1.55. The van der Waals surface area contributed by atoms with E-state index in [-0.39, 0.29) is 35.9 Å². The van der Waals surface area contributed by atoms with Crippen LogP contribution in [0.25, 0.3) is 0 Å². The fraction of sp³-hybridized carbons (Fsp3) is 0.643. The molecule has 1 unspecified atom stereocenters. The van der Waals surface area contributed by atoms with Crippen molar-refractivity contribution >= 4 is 51.1 Å². The molecule has 2 rings (SSSR count). The molecule has 0 spiro atoms. The maximum absolute atomic E-state index is 11.5. The molecule has 1 atom stereocenters. The lowest BCUT2D eigenvalue weighted by Gasteiger charge is -2.17. The minimum atomic E-state index is -2.81. The maximum atomic E-state index is 11.5. The second-order valence-corrected chi connectivity index (χ2v) is 8.75. The van der Waals surface area contributed by atoms with Crippen LogP contribution in [-0.4, -0.2) is 38.5 Å². The maximum Gasteiger partial charge on any atom is 0.191 e. The molecule has 0 aromatic carbocycles. The molecule has 8 heteroatoms. The number of aliphatic imine (C=N–C) groups is 1. The van der Waals surface area contributed by atoms with Crippen LogP contribution >= 0.6 is 35.3 Å². The van der Waals surface area contributed by atoms with Gasteiger partial charge in [0.05, 0.1) is 18.1 Å². The Balaban J connectivity index is 0.00000242. The highest BCUT2D eigenvalue weighted by molar-refractivity contribution is 14.0. The normalized spacial score (nSPS) is 20.7. The predicted molar refractivity (Wildman–Crippen MR) is 104 cm³/mol. The lowest BCUT2D eigenvalue weighted by molar-refractivity contribution is 0.562.